The zero-order chi connectivity index (χ0) is 16.4. The van der Waals surface area contributed by atoms with Gasteiger partial charge in [-0.1, -0.05) is 88.0 Å². The summed E-state index contributed by atoms with van der Waals surface area (Å²) in [7, 11) is 0. The molecule has 1 nitrogen and oxygen atoms in total. The van der Waals surface area contributed by atoms with Crippen molar-refractivity contribution in [1.29, 1.82) is 0 Å². The van der Waals surface area contributed by atoms with Gasteiger partial charge in [-0.05, 0) is 29.8 Å². The molecule has 0 saturated carbocycles. The molecular weight excluding hydrogens is 552 g/mol. The maximum atomic E-state index is 6.19. The maximum absolute atomic E-state index is 6.19. The summed E-state index contributed by atoms with van der Waals surface area (Å²) in [4.78, 5) is 0. The number of furan rings is 1. The van der Waals surface area contributed by atoms with E-state index in [4.69, 9.17) is 4.42 Å². The summed E-state index contributed by atoms with van der Waals surface area (Å²) in [6, 6.07) is 16.5. The van der Waals surface area contributed by atoms with E-state index in [1.807, 2.05) is 12.1 Å². The number of rotatable bonds is 4. The normalized spacial score (nSPS) is 11.0. The number of hydrogen-bond acceptors (Lipinski definition) is 1. The molecule has 0 aliphatic rings. The molecule has 0 radical (unpaired) electrons. The van der Waals surface area contributed by atoms with E-state index in [0.717, 1.165) is 42.5 Å². The van der Waals surface area contributed by atoms with Gasteiger partial charge in [-0.15, -0.1) is 0 Å². The molecule has 118 valence electrons. The Hall–Kier alpha value is -0.360. The average molecular weight is 564 g/mol. The van der Waals surface area contributed by atoms with Crippen LogP contribution in [0.3, 0.4) is 0 Å². The van der Waals surface area contributed by atoms with E-state index in [0.29, 0.717) is 5.33 Å². The fourth-order valence-electron chi connectivity index (χ4n) is 2.53. The summed E-state index contributed by atoms with van der Waals surface area (Å²) in [6.45, 7) is 0. The van der Waals surface area contributed by atoms with Gasteiger partial charge in [0.05, 0.1) is 5.33 Å². The first-order chi connectivity index (χ1) is 11.1. The first-order valence-electron chi connectivity index (χ1n) is 6.92. The van der Waals surface area contributed by atoms with Gasteiger partial charge in [0.25, 0.3) is 0 Å². The van der Waals surface area contributed by atoms with Crippen LogP contribution >= 0.6 is 63.7 Å². The van der Waals surface area contributed by atoms with E-state index < -0.39 is 0 Å². The van der Waals surface area contributed by atoms with Crippen molar-refractivity contribution in [3.63, 3.8) is 0 Å². The zero-order valence-electron chi connectivity index (χ0n) is 12.0. The fourth-order valence-corrected chi connectivity index (χ4v) is 3.98. The van der Waals surface area contributed by atoms with Crippen molar-refractivity contribution in [1.82, 2.24) is 0 Å². The van der Waals surface area contributed by atoms with Gasteiger partial charge in [-0.2, -0.15) is 0 Å². The molecule has 0 amide bonds. The molecule has 0 bridgehead atoms. The lowest BCUT2D eigenvalue weighted by Gasteiger charge is -2.05. The van der Waals surface area contributed by atoms with E-state index in [2.05, 4.69) is 100 Å². The van der Waals surface area contributed by atoms with Crippen molar-refractivity contribution in [3.05, 3.63) is 68.8 Å². The molecule has 0 saturated heterocycles. The second-order valence-electron chi connectivity index (χ2n) is 4.99. The van der Waals surface area contributed by atoms with Gasteiger partial charge in [0.15, 0.2) is 0 Å². The van der Waals surface area contributed by atoms with Gasteiger partial charge in [0.2, 0.25) is 0 Å². The third-order valence-corrected chi connectivity index (χ3v) is 5.70. The molecule has 5 heteroatoms. The second kappa shape index (κ2) is 7.68. The van der Waals surface area contributed by atoms with E-state index in [1.165, 1.54) is 5.56 Å². The highest BCUT2D eigenvalue weighted by molar-refractivity contribution is 9.10. The van der Waals surface area contributed by atoms with Crippen molar-refractivity contribution in [2.75, 3.05) is 0 Å². The summed E-state index contributed by atoms with van der Waals surface area (Å²) in [5, 5.41) is 1.41. The third-order valence-electron chi connectivity index (χ3n) is 3.57. The Morgan fingerprint density at radius 1 is 0.696 bits per heavy atom. The van der Waals surface area contributed by atoms with Crippen LogP contribution in [-0.4, -0.2) is 0 Å². The maximum Gasteiger partial charge on any atom is 0.139 e. The smallest absolute Gasteiger partial charge is 0.139 e. The minimum Gasteiger partial charge on any atom is -0.459 e. The van der Waals surface area contributed by atoms with E-state index >= 15 is 0 Å². The topological polar surface area (TPSA) is 13.1 Å². The molecule has 0 aliphatic carbocycles. The Labute approximate surface area is 169 Å². The molecule has 0 fully saturated rings. The van der Waals surface area contributed by atoms with E-state index in [-0.39, 0.29) is 0 Å². The largest absolute Gasteiger partial charge is 0.459 e. The van der Waals surface area contributed by atoms with Gasteiger partial charge in [0, 0.05) is 31.0 Å². The quantitative estimate of drug-likeness (QED) is 0.294. The van der Waals surface area contributed by atoms with Crippen LogP contribution in [0, 0.1) is 0 Å². The standard InChI is InChI=1S/C18H12Br4O/c19-9-15-17(11-1-5-13(21)6-2-11)16(10-20)23-18(15)12-3-7-14(22)8-4-12/h1-8H,9-10H2. The van der Waals surface area contributed by atoms with Crippen LogP contribution in [0.15, 0.2) is 61.9 Å². The molecule has 2 aromatic carbocycles. The lowest BCUT2D eigenvalue weighted by Crippen LogP contribution is -1.87. The zero-order valence-corrected chi connectivity index (χ0v) is 18.3. The van der Waals surface area contributed by atoms with Crippen LogP contribution in [-0.2, 0) is 10.7 Å². The van der Waals surface area contributed by atoms with Crippen LogP contribution < -0.4 is 0 Å². The summed E-state index contributed by atoms with van der Waals surface area (Å²) in [5.41, 5.74) is 4.56. The molecule has 0 aliphatic heterocycles. The third kappa shape index (κ3) is 3.68. The Kier molecular flexibility index (Phi) is 5.83. The van der Waals surface area contributed by atoms with Crippen LogP contribution in [0.5, 0.6) is 0 Å². The van der Waals surface area contributed by atoms with E-state index in [9.17, 15) is 0 Å². The molecule has 0 atom stereocenters. The number of alkyl halides is 2. The van der Waals surface area contributed by atoms with Crippen molar-refractivity contribution >= 4 is 63.7 Å². The monoisotopic (exact) mass is 560 g/mol. The highest BCUT2D eigenvalue weighted by atomic mass is 79.9. The average Bonchev–Trinajstić information content (AvgIpc) is 2.95. The SMILES string of the molecule is BrCc1oc(-c2ccc(Br)cc2)c(CBr)c1-c1ccc(Br)cc1. The molecule has 0 spiro atoms. The number of halogens is 4. The van der Waals surface area contributed by atoms with Gasteiger partial charge in [-0.3, -0.25) is 0 Å². The van der Waals surface area contributed by atoms with Crippen LogP contribution in [0.1, 0.15) is 11.3 Å². The highest BCUT2D eigenvalue weighted by Crippen LogP contribution is 2.40. The Balaban J connectivity index is 2.19. The van der Waals surface area contributed by atoms with Gasteiger partial charge in [-0.25, -0.2) is 0 Å². The molecular formula is C18H12Br4O. The fraction of sp³-hybridized carbons (Fsp3) is 0.111. The molecule has 23 heavy (non-hydrogen) atoms. The Morgan fingerprint density at radius 3 is 1.70 bits per heavy atom. The summed E-state index contributed by atoms with van der Waals surface area (Å²) in [5.74, 6) is 1.86. The Morgan fingerprint density at radius 2 is 1.22 bits per heavy atom. The second-order valence-corrected chi connectivity index (χ2v) is 7.94. The molecule has 3 aromatic rings. The predicted molar refractivity (Wildman–Crippen MR) is 110 cm³/mol. The van der Waals surface area contributed by atoms with Gasteiger partial charge in [0.1, 0.15) is 11.5 Å². The van der Waals surface area contributed by atoms with Crippen molar-refractivity contribution in [3.8, 4) is 22.5 Å². The summed E-state index contributed by atoms with van der Waals surface area (Å²) in [6.07, 6.45) is 0. The minimum absolute atomic E-state index is 0.676. The molecule has 1 aromatic heterocycles. The van der Waals surface area contributed by atoms with Gasteiger partial charge < -0.3 is 4.42 Å². The molecule has 3 rings (SSSR count). The van der Waals surface area contributed by atoms with Crippen molar-refractivity contribution < 1.29 is 4.42 Å². The number of hydrogen-bond donors (Lipinski definition) is 0. The molecule has 0 N–H and O–H groups in total. The van der Waals surface area contributed by atoms with E-state index in [1.54, 1.807) is 0 Å². The lowest BCUT2D eigenvalue weighted by atomic mass is 9.99. The van der Waals surface area contributed by atoms with Crippen molar-refractivity contribution in [2.24, 2.45) is 0 Å². The first-order valence-corrected chi connectivity index (χ1v) is 10.7. The summed E-state index contributed by atoms with van der Waals surface area (Å²) >= 11 is 14.2. The predicted octanol–water partition coefficient (Wildman–Crippen LogP) is 7.93. The number of benzene rings is 2. The lowest BCUT2D eigenvalue weighted by molar-refractivity contribution is 0.545. The summed E-state index contributed by atoms with van der Waals surface area (Å²) < 4.78 is 8.32. The van der Waals surface area contributed by atoms with Gasteiger partial charge >= 0.3 is 0 Å². The first kappa shape index (κ1) is 17.5. The Bertz CT molecular complexity index is 804. The molecule has 0 unspecified atom stereocenters. The van der Waals surface area contributed by atoms with Crippen LogP contribution in [0.4, 0.5) is 0 Å². The molecule has 1 heterocycles. The van der Waals surface area contributed by atoms with Crippen LogP contribution in [0.25, 0.3) is 22.5 Å². The minimum atomic E-state index is 0.676. The van der Waals surface area contributed by atoms with Crippen LogP contribution in [0.2, 0.25) is 0 Å². The van der Waals surface area contributed by atoms with Crippen molar-refractivity contribution in [2.45, 2.75) is 10.7 Å². The highest BCUT2D eigenvalue weighted by Gasteiger charge is 2.21.